The van der Waals surface area contributed by atoms with Crippen molar-refractivity contribution in [3.05, 3.63) is 41.2 Å². The molecule has 2 rings (SSSR count). The summed E-state index contributed by atoms with van der Waals surface area (Å²) in [5.74, 6) is 0. The summed E-state index contributed by atoms with van der Waals surface area (Å²) in [6, 6.07) is 6.58. The maximum atomic E-state index is 12.2. The fourth-order valence-electron chi connectivity index (χ4n) is 1.35. The van der Waals surface area contributed by atoms with Crippen molar-refractivity contribution in [1.82, 2.24) is 9.19 Å². The van der Waals surface area contributed by atoms with E-state index in [9.17, 15) is 8.42 Å². The van der Waals surface area contributed by atoms with Crippen LogP contribution in [-0.2, 0) is 10.0 Å². The monoisotopic (exact) mass is 268 g/mol. The van der Waals surface area contributed by atoms with Crippen molar-refractivity contribution in [2.75, 3.05) is 0 Å². The van der Waals surface area contributed by atoms with Crippen LogP contribution in [0, 0.1) is 6.92 Å². The first-order chi connectivity index (χ1) is 7.91. The molecule has 1 aromatic heterocycles. The second-order valence-corrected chi connectivity index (χ2v) is 5.95. The lowest BCUT2D eigenvalue weighted by Gasteiger charge is -2.04. The fraction of sp³-hybridized carbons (Fsp3) is 0.100. The van der Waals surface area contributed by atoms with Crippen LogP contribution in [0.3, 0.4) is 0 Å². The third-order valence-electron chi connectivity index (χ3n) is 2.38. The van der Waals surface area contributed by atoms with Crippen molar-refractivity contribution in [3.8, 4) is 0 Å². The molecule has 0 aliphatic rings. The Kier molecular flexibility index (Phi) is 3.01. The molecule has 4 nitrogen and oxygen atoms in total. The molecule has 0 bridgehead atoms. The molecule has 0 aliphatic carbocycles. The van der Waals surface area contributed by atoms with Crippen LogP contribution in [0.2, 0.25) is 5.15 Å². The molecule has 88 valence electrons. The molecular weight excluding hydrogens is 258 g/mol. The number of aromatic nitrogens is 2. The van der Waals surface area contributed by atoms with Gasteiger partial charge in [-0.25, -0.2) is 0 Å². The van der Waals surface area contributed by atoms with Crippen molar-refractivity contribution >= 4 is 34.9 Å². The third kappa shape index (κ3) is 2.23. The summed E-state index contributed by atoms with van der Waals surface area (Å²) >= 11 is 5.75. The Labute approximate surface area is 106 Å². The van der Waals surface area contributed by atoms with Gasteiger partial charge < -0.3 is 0 Å². The zero-order chi connectivity index (χ0) is 12.6. The summed E-state index contributed by atoms with van der Waals surface area (Å²) < 4.78 is 25.2. The van der Waals surface area contributed by atoms with E-state index in [1.165, 1.54) is 6.20 Å². The van der Waals surface area contributed by atoms with Gasteiger partial charge in [0.25, 0.3) is 10.0 Å². The number of hydrogen-bond acceptors (Lipinski definition) is 3. The van der Waals surface area contributed by atoms with E-state index >= 15 is 0 Å². The van der Waals surface area contributed by atoms with E-state index in [2.05, 4.69) is 5.10 Å². The summed E-state index contributed by atoms with van der Waals surface area (Å²) in [6.45, 7) is 1.89. The van der Waals surface area contributed by atoms with Gasteiger partial charge in [0, 0.05) is 6.20 Å². The van der Waals surface area contributed by atoms with Gasteiger partial charge in [0.1, 0.15) is 13.0 Å². The van der Waals surface area contributed by atoms with Crippen LogP contribution < -0.4 is 5.46 Å². The highest BCUT2D eigenvalue weighted by Crippen LogP contribution is 2.14. The van der Waals surface area contributed by atoms with Crippen molar-refractivity contribution in [3.63, 3.8) is 0 Å². The number of benzene rings is 1. The molecule has 0 radical (unpaired) electrons. The Morgan fingerprint density at radius 1 is 1.29 bits per heavy atom. The number of aryl methyl sites for hydroxylation is 1. The molecule has 0 unspecified atom stereocenters. The number of rotatable bonds is 2. The maximum Gasteiger partial charge on any atom is 0.282 e. The third-order valence-corrected chi connectivity index (χ3v) is 4.30. The second-order valence-electron chi connectivity index (χ2n) is 3.79. The molecule has 7 heteroatoms. The Morgan fingerprint density at radius 2 is 1.88 bits per heavy atom. The van der Waals surface area contributed by atoms with Gasteiger partial charge in [-0.3, -0.25) is 0 Å². The Morgan fingerprint density at radius 3 is 2.35 bits per heavy atom. The molecule has 17 heavy (non-hydrogen) atoms. The first-order valence-electron chi connectivity index (χ1n) is 4.95. The van der Waals surface area contributed by atoms with Crippen molar-refractivity contribution in [2.24, 2.45) is 0 Å². The zero-order valence-electron chi connectivity index (χ0n) is 9.38. The van der Waals surface area contributed by atoms with Crippen LogP contribution >= 0.6 is 11.6 Å². The highest BCUT2D eigenvalue weighted by molar-refractivity contribution is 7.89. The van der Waals surface area contributed by atoms with E-state index in [1.807, 2.05) is 6.92 Å². The smallest absolute Gasteiger partial charge is 0.199 e. The van der Waals surface area contributed by atoms with Gasteiger partial charge in [-0.05, 0) is 24.5 Å². The van der Waals surface area contributed by atoms with Crippen molar-refractivity contribution in [1.29, 1.82) is 0 Å². The largest absolute Gasteiger partial charge is 0.282 e. The predicted molar refractivity (Wildman–Crippen MR) is 69.2 cm³/mol. The fourth-order valence-corrected chi connectivity index (χ4v) is 2.71. The Balaban J connectivity index is 2.53. The van der Waals surface area contributed by atoms with Gasteiger partial charge in [-0.1, -0.05) is 29.3 Å². The van der Waals surface area contributed by atoms with Gasteiger partial charge in [0.15, 0.2) is 0 Å². The first-order valence-corrected chi connectivity index (χ1v) is 6.77. The summed E-state index contributed by atoms with van der Waals surface area (Å²) in [5.41, 5.74) is 1.63. The molecule has 2 aromatic rings. The van der Waals surface area contributed by atoms with E-state index in [-0.39, 0.29) is 10.0 Å². The molecule has 0 amide bonds. The minimum Gasteiger partial charge on any atom is -0.199 e. The molecule has 0 N–H and O–H groups in total. The summed E-state index contributed by atoms with van der Waals surface area (Å²) in [5, 5.41) is 3.97. The average Bonchev–Trinajstić information content (AvgIpc) is 2.60. The van der Waals surface area contributed by atoms with Crippen LogP contribution in [0.15, 0.2) is 35.4 Å². The van der Waals surface area contributed by atoms with Gasteiger partial charge in [0.2, 0.25) is 0 Å². The zero-order valence-corrected chi connectivity index (χ0v) is 11.0. The van der Waals surface area contributed by atoms with Gasteiger partial charge in [0.05, 0.1) is 4.90 Å². The first kappa shape index (κ1) is 12.2. The van der Waals surface area contributed by atoms with Gasteiger partial charge >= 0.3 is 0 Å². The van der Waals surface area contributed by atoms with E-state index in [0.29, 0.717) is 5.46 Å². The Bertz CT molecular complexity index is 630. The van der Waals surface area contributed by atoms with Crippen LogP contribution in [0.25, 0.3) is 0 Å². The average molecular weight is 269 g/mol. The molecule has 0 aliphatic heterocycles. The normalized spacial score (nSPS) is 11.6. The molecule has 1 aromatic carbocycles. The molecule has 0 saturated carbocycles. The summed E-state index contributed by atoms with van der Waals surface area (Å²) in [4.78, 5) is 0.197. The van der Waals surface area contributed by atoms with Crippen molar-refractivity contribution < 1.29 is 8.42 Å². The highest BCUT2D eigenvalue weighted by Gasteiger charge is 2.18. The molecule has 0 spiro atoms. The SMILES string of the molecule is Bc1cn(S(=O)(=O)c2ccc(C)cc2)nc1Cl. The maximum absolute atomic E-state index is 12.2. The quantitative estimate of drug-likeness (QED) is 0.738. The minimum absolute atomic E-state index is 0.195. The van der Waals surface area contributed by atoms with E-state index < -0.39 is 10.0 Å². The molecule has 0 atom stereocenters. The lowest BCUT2D eigenvalue weighted by Crippen LogP contribution is -2.14. The predicted octanol–water partition coefficient (Wildman–Crippen LogP) is 0.340. The number of halogens is 1. The number of nitrogens with zero attached hydrogens (tertiary/aromatic N) is 2. The molecule has 0 fully saturated rings. The summed E-state index contributed by atoms with van der Waals surface area (Å²) in [7, 11) is -1.93. The van der Waals surface area contributed by atoms with Gasteiger partial charge in [-0.2, -0.15) is 12.5 Å². The van der Waals surface area contributed by atoms with E-state index in [0.717, 1.165) is 9.65 Å². The van der Waals surface area contributed by atoms with Crippen molar-refractivity contribution in [2.45, 2.75) is 11.8 Å². The molecule has 1 heterocycles. The lowest BCUT2D eigenvalue weighted by molar-refractivity contribution is 0.580. The number of hydrogen-bond donors (Lipinski definition) is 0. The Hall–Kier alpha value is -1.27. The van der Waals surface area contributed by atoms with E-state index in [1.54, 1.807) is 32.1 Å². The second kappa shape index (κ2) is 4.20. The van der Waals surface area contributed by atoms with Crippen LogP contribution in [0.4, 0.5) is 0 Å². The lowest BCUT2D eigenvalue weighted by atomic mass is 10.0. The topological polar surface area (TPSA) is 52.0 Å². The van der Waals surface area contributed by atoms with Gasteiger partial charge in [-0.15, -0.1) is 5.10 Å². The summed E-state index contributed by atoms with van der Waals surface area (Å²) in [6.07, 6.45) is 1.40. The van der Waals surface area contributed by atoms with Crippen LogP contribution in [0.5, 0.6) is 0 Å². The molecular formula is C10H10BClN2O2S. The standard InChI is InChI=1S/C10H10BClN2O2S/c1-7-2-4-8(5-3-7)17(15,16)14-6-9(11)10(12)13-14/h2-6H,11H2,1H3. The highest BCUT2D eigenvalue weighted by atomic mass is 35.5. The van der Waals surface area contributed by atoms with E-state index in [4.69, 9.17) is 11.6 Å². The van der Waals surface area contributed by atoms with Crippen LogP contribution in [-0.4, -0.2) is 25.4 Å². The molecule has 0 saturated heterocycles. The minimum atomic E-state index is -3.64. The van der Waals surface area contributed by atoms with Crippen LogP contribution in [0.1, 0.15) is 5.56 Å².